The number of nitrogens with zero attached hydrogens (tertiary/aromatic N) is 2. The van der Waals surface area contributed by atoms with Crippen molar-refractivity contribution in [3.05, 3.63) is 35.9 Å². The van der Waals surface area contributed by atoms with Crippen LogP contribution in [0.2, 0.25) is 0 Å². The molecule has 2 unspecified atom stereocenters. The van der Waals surface area contributed by atoms with E-state index in [9.17, 15) is 4.79 Å². The Morgan fingerprint density at radius 1 is 1.37 bits per heavy atom. The quantitative estimate of drug-likeness (QED) is 0.845. The molecule has 0 N–H and O–H groups in total. The molecular weight excluding hydrogens is 256 g/mol. The maximum absolute atomic E-state index is 12.3. The van der Waals surface area contributed by atoms with E-state index in [1.54, 1.807) is 11.8 Å². The molecular formula is C15H18N2OS. The largest absolute Gasteiger partial charge is 0.298 e. The van der Waals surface area contributed by atoms with Crippen molar-refractivity contribution >= 4 is 23.5 Å². The highest BCUT2D eigenvalue weighted by Gasteiger charge is 2.40. The highest BCUT2D eigenvalue weighted by Crippen LogP contribution is 2.33. The Hall–Kier alpha value is -1.29. The third-order valence-corrected chi connectivity index (χ3v) is 4.51. The SMILES string of the molecule is CSCCC1N=C2CC(c3ccccc3)CN2C1=O. The van der Waals surface area contributed by atoms with Crippen molar-refractivity contribution in [3.8, 4) is 0 Å². The van der Waals surface area contributed by atoms with Crippen LogP contribution >= 0.6 is 11.8 Å². The molecule has 0 radical (unpaired) electrons. The second-order valence-electron chi connectivity index (χ2n) is 5.10. The number of thioether (sulfide) groups is 1. The van der Waals surface area contributed by atoms with Crippen LogP contribution in [0.25, 0.3) is 0 Å². The number of fused-ring (bicyclic) bond motifs is 1. The van der Waals surface area contributed by atoms with Crippen molar-refractivity contribution in [1.82, 2.24) is 4.90 Å². The molecule has 2 heterocycles. The Morgan fingerprint density at radius 3 is 2.84 bits per heavy atom. The monoisotopic (exact) mass is 274 g/mol. The van der Waals surface area contributed by atoms with Gasteiger partial charge in [-0.2, -0.15) is 11.8 Å². The Morgan fingerprint density at radius 2 is 2.16 bits per heavy atom. The van der Waals surface area contributed by atoms with Crippen LogP contribution in [-0.2, 0) is 4.79 Å². The summed E-state index contributed by atoms with van der Waals surface area (Å²) < 4.78 is 0. The molecule has 19 heavy (non-hydrogen) atoms. The zero-order valence-corrected chi connectivity index (χ0v) is 11.9. The summed E-state index contributed by atoms with van der Waals surface area (Å²) in [6.45, 7) is 0.803. The minimum absolute atomic E-state index is 0.112. The van der Waals surface area contributed by atoms with Gasteiger partial charge in [0.15, 0.2) is 0 Å². The van der Waals surface area contributed by atoms with E-state index in [2.05, 4.69) is 35.5 Å². The first-order valence-electron chi connectivity index (χ1n) is 6.71. The average molecular weight is 274 g/mol. The van der Waals surface area contributed by atoms with Crippen LogP contribution in [0.4, 0.5) is 0 Å². The normalized spacial score (nSPS) is 25.6. The topological polar surface area (TPSA) is 32.7 Å². The van der Waals surface area contributed by atoms with Gasteiger partial charge in [-0.25, -0.2) is 0 Å². The van der Waals surface area contributed by atoms with Crippen molar-refractivity contribution in [2.75, 3.05) is 18.6 Å². The highest BCUT2D eigenvalue weighted by molar-refractivity contribution is 7.98. The first-order valence-corrected chi connectivity index (χ1v) is 8.11. The standard InChI is InChI=1S/C15H18N2OS/c1-19-8-7-13-15(18)17-10-12(9-14(17)16-13)11-5-3-2-4-6-11/h2-6,12-13H,7-10H2,1H3. The molecule has 2 aliphatic rings. The molecule has 1 amide bonds. The molecule has 0 aromatic heterocycles. The Balaban J connectivity index is 1.72. The lowest BCUT2D eigenvalue weighted by Crippen LogP contribution is -2.32. The second-order valence-corrected chi connectivity index (χ2v) is 6.09. The number of amidine groups is 1. The molecule has 2 aliphatic heterocycles. The average Bonchev–Trinajstić information content (AvgIpc) is 2.98. The Bertz CT molecular complexity index is 500. The molecule has 1 saturated heterocycles. The molecule has 100 valence electrons. The summed E-state index contributed by atoms with van der Waals surface area (Å²) in [6.07, 6.45) is 3.85. The van der Waals surface area contributed by atoms with Gasteiger partial charge in [-0.1, -0.05) is 30.3 Å². The van der Waals surface area contributed by atoms with Crippen molar-refractivity contribution in [3.63, 3.8) is 0 Å². The minimum Gasteiger partial charge on any atom is -0.298 e. The van der Waals surface area contributed by atoms with Crippen LogP contribution in [0.3, 0.4) is 0 Å². The van der Waals surface area contributed by atoms with E-state index in [4.69, 9.17) is 0 Å². The van der Waals surface area contributed by atoms with Crippen LogP contribution < -0.4 is 0 Å². The van der Waals surface area contributed by atoms with Crippen LogP contribution in [-0.4, -0.2) is 41.2 Å². The van der Waals surface area contributed by atoms with Gasteiger partial charge in [0.05, 0.1) is 0 Å². The number of carbonyl (C=O) groups is 1. The van der Waals surface area contributed by atoms with Crippen LogP contribution in [0.5, 0.6) is 0 Å². The van der Waals surface area contributed by atoms with Gasteiger partial charge < -0.3 is 0 Å². The van der Waals surface area contributed by atoms with Gasteiger partial charge in [0.25, 0.3) is 5.91 Å². The molecule has 4 heteroatoms. The van der Waals surface area contributed by atoms with E-state index < -0.39 is 0 Å². The number of carbonyl (C=O) groups excluding carboxylic acids is 1. The molecule has 1 fully saturated rings. The second kappa shape index (κ2) is 5.37. The molecule has 0 aliphatic carbocycles. The highest BCUT2D eigenvalue weighted by atomic mass is 32.2. The number of hydrogen-bond acceptors (Lipinski definition) is 3. The van der Waals surface area contributed by atoms with Crippen molar-refractivity contribution in [2.45, 2.75) is 24.8 Å². The molecule has 3 rings (SSSR count). The summed E-state index contributed by atoms with van der Waals surface area (Å²) in [4.78, 5) is 18.8. The predicted molar refractivity (Wildman–Crippen MR) is 79.7 cm³/mol. The van der Waals surface area contributed by atoms with E-state index >= 15 is 0 Å². The van der Waals surface area contributed by atoms with Crippen molar-refractivity contribution in [2.24, 2.45) is 4.99 Å². The van der Waals surface area contributed by atoms with Gasteiger partial charge >= 0.3 is 0 Å². The summed E-state index contributed by atoms with van der Waals surface area (Å²) in [7, 11) is 0. The smallest absolute Gasteiger partial charge is 0.252 e. The summed E-state index contributed by atoms with van der Waals surface area (Å²) in [5.41, 5.74) is 1.31. The lowest BCUT2D eigenvalue weighted by Gasteiger charge is -2.14. The Labute approximate surface area is 118 Å². The maximum atomic E-state index is 12.3. The number of rotatable bonds is 4. The first-order chi connectivity index (χ1) is 9.29. The lowest BCUT2D eigenvalue weighted by atomic mass is 9.98. The zero-order chi connectivity index (χ0) is 13.2. The lowest BCUT2D eigenvalue weighted by molar-refractivity contribution is -0.127. The predicted octanol–water partition coefficient (Wildman–Crippen LogP) is 2.54. The summed E-state index contributed by atoms with van der Waals surface area (Å²) in [6, 6.07) is 10.3. The van der Waals surface area contributed by atoms with E-state index in [0.717, 1.165) is 31.0 Å². The summed E-state index contributed by atoms with van der Waals surface area (Å²) in [5.74, 6) is 2.64. The Kier molecular flexibility index (Phi) is 3.60. The van der Waals surface area contributed by atoms with Crippen molar-refractivity contribution in [1.29, 1.82) is 0 Å². The van der Waals surface area contributed by atoms with E-state index in [1.807, 2.05) is 11.0 Å². The third-order valence-electron chi connectivity index (χ3n) is 3.87. The molecule has 0 saturated carbocycles. The van der Waals surface area contributed by atoms with Gasteiger partial charge in [0.1, 0.15) is 11.9 Å². The summed E-state index contributed by atoms with van der Waals surface area (Å²) >= 11 is 1.78. The van der Waals surface area contributed by atoms with Gasteiger partial charge in [-0.15, -0.1) is 0 Å². The molecule has 0 bridgehead atoms. The third kappa shape index (κ3) is 2.41. The van der Waals surface area contributed by atoms with Crippen molar-refractivity contribution < 1.29 is 4.79 Å². The van der Waals surface area contributed by atoms with Crippen LogP contribution in [0.15, 0.2) is 35.3 Å². The van der Waals surface area contributed by atoms with E-state index in [1.165, 1.54) is 5.56 Å². The molecule has 2 atom stereocenters. The fourth-order valence-electron chi connectivity index (χ4n) is 2.84. The number of aliphatic imine (C=N–C) groups is 1. The fraction of sp³-hybridized carbons (Fsp3) is 0.467. The fourth-order valence-corrected chi connectivity index (χ4v) is 3.30. The van der Waals surface area contributed by atoms with Gasteiger partial charge in [0.2, 0.25) is 0 Å². The zero-order valence-electron chi connectivity index (χ0n) is 11.1. The van der Waals surface area contributed by atoms with Gasteiger partial charge in [-0.3, -0.25) is 14.7 Å². The van der Waals surface area contributed by atoms with Gasteiger partial charge in [0, 0.05) is 18.9 Å². The first kappa shape index (κ1) is 12.7. The number of amides is 1. The molecule has 3 nitrogen and oxygen atoms in total. The molecule has 1 aromatic carbocycles. The van der Waals surface area contributed by atoms with E-state index in [-0.39, 0.29) is 11.9 Å². The van der Waals surface area contributed by atoms with Gasteiger partial charge in [-0.05, 0) is 24.0 Å². The van der Waals surface area contributed by atoms with Crippen LogP contribution in [0, 0.1) is 0 Å². The molecule has 0 spiro atoms. The minimum atomic E-state index is -0.112. The van der Waals surface area contributed by atoms with E-state index in [0.29, 0.717) is 5.92 Å². The number of hydrogen-bond donors (Lipinski definition) is 0. The maximum Gasteiger partial charge on any atom is 0.252 e. The van der Waals surface area contributed by atoms with Crippen LogP contribution in [0.1, 0.15) is 24.3 Å². The number of benzene rings is 1. The summed E-state index contributed by atoms with van der Waals surface area (Å²) in [5, 5.41) is 0. The molecule has 1 aromatic rings.